The molecule has 0 radical (unpaired) electrons. The summed E-state index contributed by atoms with van der Waals surface area (Å²) < 4.78 is 22.7. The Morgan fingerprint density at radius 1 is 0.493 bits per heavy atom. The van der Waals surface area contributed by atoms with Crippen molar-refractivity contribution >= 4 is 5.91 Å². The molecule has 73 heavy (non-hydrogen) atoms. The van der Waals surface area contributed by atoms with E-state index in [9.17, 15) is 45.6 Å². The number of aliphatic hydroxyl groups excluding tert-OH is 8. The number of allylic oxidation sites excluding steroid dienone is 9. The van der Waals surface area contributed by atoms with E-state index in [0.29, 0.717) is 12.8 Å². The highest BCUT2D eigenvalue weighted by Gasteiger charge is 2.51. The molecule has 14 heteroatoms. The SMILES string of the molecule is CCCCCCC/C=C\C/C=C\C/C=C\CCCCCCCCCCCCC(=O)NC(COC1OC(CO)C(OC2OC(CO)C(O)C(O)C2O)C(O)C1O)C(O)/C=C/CC/C=C/CCCCCCCCCC. The van der Waals surface area contributed by atoms with Crippen LogP contribution in [0.2, 0.25) is 0 Å². The highest BCUT2D eigenvalue weighted by atomic mass is 16.7. The first-order valence-corrected chi connectivity index (χ1v) is 29.0. The van der Waals surface area contributed by atoms with Crippen LogP contribution in [0.3, 0.4) is 0 Å². The molecular weight excluding hydrogens is 931 g/mol. The van der Waals surface area contributed by atoms with Crippen molar-refractivity contribution in [1.82, 2.24) is 5.32 Å². The van der Waals surface area contributed by atoms with Gasteiger partial charge in [0.15, 0.2) is 12.6 Å². The van der Waals surface area contributed by atoms with Gasteiger partial charge in [0.05, 0.1) is 32.0 Å². The number of nitrogens with one attached hydrogen (secondary N) is 1. The van der Waals surface area contributed by atoms with Gasteiger partial charge in [0.25, 0.3) is 0 Å². The number of hydrogen-bond acceptors (Lipinski definition) is 13. The van der Waals surface area contributed by atoms with Gasteiger partial charge in [0, 0.05) is 6.42 Å². The third kappa shape index (κ3) is 30.9. The van der Waals surface area contributed by atoms with Gasteiger partial charge in [-0.3, -0.25) is 4.79 Å². The first-order chi connectivity index (χ1) is 35.6. The van der Waals surface area contributed by atoms with Crippen LogP contribution >= 0.6 is 0 Å². The summed E-state index contributed by atoms with van der Waals surface area (Å²) in [7, 11) is 0. The molecule has 424 valence electrons. The van der Waals surface area contributed by atoms with Gasteiger partial charge in [0.2, 0.25) is 5.91 Å². The third-order valence-corrected chi connectivity index (χ3v) is 13.9. The number of carbonyl (C=O) groups is 1. The van der Waals surface area contributed by atoms with Crippen LogP contribution in [-0.2, 0) is 23.7 Å². The predicted octanol–water partition coefficient (Wildman–Crippen LogP) is 9.39. The summed E-state index contributed by atoms with van der Waals surface area (Å²) in [4.78, 5) is 13.2. The second kappa shape index (κ2) is 44.8. The molecule has 2 aliphatic rings. The third-order valence-electron chi connectivity index (χ3n) is 13.9. The van der Waals surface area contributed by atoms with Crippen molar-refractivity contribution in [2.75, 3.05) is 19.8 Å². The highest BCUT2D eigenvalue weighted by molar-refractivity contribution is 5.76. The van der Waals surface area contributed by atoms with Crippen molar-refractivity contribution in [1.29, 1.82) is 0 Å². The molecule has 0 aromatic carbocycles. The van der Waals surface area contributed by atoms with E-state index in [0.717, 1.165) is 51.4 Å². The summed E-state index contributed by atoms with van der Waals surface area (Å²) in [6.45, 7) is 2.75. The van der Waals surface area contributed by atoms with E-state index in [1.54, 1.807) is 6.08 Å². The van der Waals surface area contributed by atoms with Crippen LogP contribution in [0.15, 0.2) is 60.8 Å². The van der Waals surface area contributed by atoms with E-state index in [1.807, 2.05) is 6.08 Å². The summed E-state index contributed by atoms with van der Waals surface area (Å²) in [5.41, 5.74) is 0. The Balaban J connectivity index is 1.76. The van der Waals surface area contributed by atoms with Gasteiger partial charge in [-0.15, -0.1) is 0 Å². The minimum absolute atomic E-state index is 0.255. The average molecular weight is 1040 g/mol. The monoisotopic (exact) mass is 1040 g/mol. The van der Waals surface area contributed by atoms with E-state index >= 15 is 0 Å². The van der Waals surface area contributed by atoms with Gasteiger partial charge in [-0.05, 0) is 70.6 Å². The molecule has 0 aromatic rings. The molecule has 2 fully saturated rings. The summed E-state index contributed by atoms with van der Waals surface area (Å²) in [6, 6.07) is -0.935. The molecule has 2 aliphatic heterocycles. The molecule has 1 amide bonds. The van der Waals surface area contributed by atoms with Crippen LogP contribution in [-0.4, -0.2) is 140 Å². The topological polar surface area (TPSA) is 228 Å². The maximum atomic E-state index is 13.2. The second-order valence-corrected chi connectivity index (χ2v) is 20.4. The van der Waals surface area contributed by atoms with Crippen molar-refractivity contribution < 1.29 is 64.6 Å². The molecule has 12 atom stereocenters. The minimum Gasteiger partial charge on any atom is -0.394 e. The molecule has 0 saturated carbocycles. The van der Waals surface area contributed by atoms with Gasteiger partial charge in [-0.1, -0.05) is 197 Å². The molecule has 12 unspecified atom stereocenters. The maximum Gasteiger partial charge on any atom is 0.220 e. The number of unbranched alkanes of at least 4 members (excludes halogenated alkanes) is 24. The fraction of sp³-hybridized carbons (Fsp3) is 0.814. The molecule has 2 heterocycles. The number of amides is 1. The van der Waals surface area contributed by atoms with Crippen LogP contribution in [0.5, 0.6) is 0 Å². The number of hydrogen-bond donors (Lipinski definition) is 9. The molecular formula is C59H105NO13. The standard InChI is InChI=1S/C59H105NO13/c1-3-5-7-9-11-13-15-17-19-20-21-22-23-24-25-26-27-28-29-31-33-35-37-39-41-43-51(64)60-47(48(63)42-40-38-36-34-32-30-18-16-14-12-10-8-6-4-2)46-70-58-56(69)54(67)57(50(45-62)72-58)73-59-55(68)53(66)52(65)49(44-61)71-59/h15,17,20-21,23-24,32,34,40,42,47-50,52-59,61-63,65-69H,3-14,16,18-19,22,25-31,33,35-39,41,43-46H2,1-2H3,(H,60,64)/b17-15-,21-20-,24-23-,34-32+,42-40+. The van der Waals surface area contributed by atoms with E-state index in [-0.39, 0.29) is 18.9 Å². The van der Waals surface area contributed by atoms with Gasteiger partial charge in [-0.25, -0.2) is 0 Å². The van der Waals surface area contributed by atoms with E-state index in [1.165, 1.54) is 128 Å². The van der Waals surface area contributed by atoms with E-state index in [4.69, 9.17) is 18.9 Å². The summed E-state index contributed by atoms with van der Waals surface area (Å²) >= 11 is 0. The van der Waals surface area contributed by atoms with Gasteiger partial charge < -0.3 is 65.1 Å². The summed E-state index contributed by atoms with van der Waals surface area (Å²) in [6.07, 6.45) is 39.7. The van der Waals surface area contributed by atoms with Crippen molar-refractivity contribution in [2.45, 2.75) is 286 Å². The van der Waals surface area contributed by atoms with Crippen LogP contribution < -0.4 is 5.32 Å². The largest absolute Gasteiger partial charge is 0.394 e. The Morgan fingerprint density at radius 2 is 0.918 bits per heavy atom. The van der Waals surface area contributed by atoms with E-state index < -0.39 is 86.8 Å². The molecule has 2 saturated heterocycles. The zero-order valence-corrected chi connectivity index (χ0v) is 45.4. The Bertz CT molecular complexity index is 1450. The Labute approximate surface area is 441 Å². The van der Waals surface area contributed by atoms with Crippen molar-refractivity contribution in [3.63, 3.8) is 0 Å². The lowest BCUT2D eigenvalue weighted by Crippen LogP contribution is -2.65. The lowest BCUT2D eigenvalue weighted by molar-refractivity contribution is -0.359. The Morgan fingerprint density at radius 3 is 1.44 bits per heavy atom. The predicted molar refractivity (Wildman–Crippen MR) is 290 cm³/mol. The lowest BCUT2D eigenvalue weighted by atomic mass is 9.97. The van der Waals surface area contributed by atoms with E-state index in [2.05, 4.69) is 67.8 Å². The van der Waals surface area contributed by atoms with Crippen LogP contribution in [0.4, 0.5) is 0 Å². The van der Waals surface area contributed by atoms with Gasteiger partial charge in [-0.2, -0.15) is 0 Å². The minimum atomic E-state index is -1.79. The van der Waals surface area contributed by atoms with Crippen LogP contribution in [0, 0.1) is 0 Å². The number of carbonyl (C=O) groups excluding carboxylic acids is 1. The Kier molecular flexibility index (Phi) is 41.0. The second-order valence-electron chi connectivity index (χ2n) is 20.4. The molecule has 0 bridgehead atoms. The molecule has 2 rings (SSSR count). The van der Waals surface area contributed by atoms with Crippen molar-refractivity contribution in [3.8, 4) is 0 Å². The van der Waals surface area contributed by atoms with Crippen LogP contribution in [0.25, 0.3) is 0 Å². The first kappa shape index (κ1) is 66.8. The van der Waals surface area contributed by atoms with Gasteiger partial charge >= 0.3 is 0 Å². The van der Waals surface area contributed by atoms with Crippen LogP contribution in [0.1, 0.15) is 213 Å². The van der Waals surface area contributed by atoms with Crippen molar-refractivity contribution in [3.05, 3.63) is 60.8 Å². The zero-order valence-electron chi connectivity index (χ0n) is 45.4. The fourth-order valence-corrected chi connectivity index (χ4v) is 9.20. The number of rotatable bonds is 45. The zero-order chi connectivity index (χ0) is 53.2. The van der Waals surface area contributed by atoms with Gasteiger partial charge in [0.1, 0.15) is 48.8 Å². The maximum absolute atomic E-state index is 13.2. The average Bonchev–Trinajstić information content (AvgIpc) is 3.39. The number of aliphatic hydroxyl groups is 8. The molecule has 0 spiro atoms. The summed E-state index contributed by atoms with van der Waals surface area (Å²) in [5.74, 6) is -0.255. The lowest BCUT2D eigenvalue weighted by Gasteiger charge is -2.46. The number of ether oxygens (including phenoxy) is 4. The molecule has 0 aromatic heterocycles. The fourth-order valence-electron chi connectivity index (χ4n) is 9.20. The molecule has 9 N–H and O–H groups in total. The highest BCUT2D eigenvalue weighted by Crippen LogP contribution is 2.30. The Hall–Kier alpha value is -2.31. The van der Waals surface area contributed by atoms with Crippen molar-refractivity contribution in [2.24, 2.45) is 0 Å². The normalized spacial score (nSPS) is 25.8. The molecule has 0 aliphatic carbocycles. The quantitative estimate of drug-likeness (QED) is 0.0205. The first-order valence-electron chi connectivity index (χ1n) is 29.0. The summed E-state index contributed by atoms with van der Waals surface area (Å²) in [5, 5.41) is 86.9. The molecule has 14 nitrogen and oxygen atoms in total. The smallest absolute Gasteiger partial charge is 0.220 e.